The molecule has 1 aliphatic heterocycles. The van der Waals surface area contributed by atoms with Crippen molar-refractivity contribution in [3.05, 3.63) is 29.3 Å². The van der Waals surface area contributed by atoms with Gasteiger partial charge in [0.05, 0.1) is 17.0 Å². The third-order valence-electron chi connectivity index (χ3n) is 3.89. The fourth-order valence-electron chi connectivity index (χ4n) is 2.33. The van der Waals surface area contributed by atoms with E-state index in [2.05, 4.69) is 5.32 Å². The van der Waals surface area contributed by atoms with Gasteiger partial charge in [0.25, 0.3) is 0 Å². The van der Waals surface area contributed by atoms with Crippen LogP contribution >= 0.6 is 0 Å². The number of aliphatic carboxylic acids is 1. The number of hydrogen-bond acceptors (Lipinski definition) is 3. The Bertz CT molecular complexity index is 636. The quantitative estimate of drug-likeness (QED) is 0.872. The molecule has 2 N–H and O–H groups in total. The van der Waals surface area contributed by atoms with E-state index in [1.54, 1.807) is 25.1 Å². The largest absolute Gasteiger partial charge is 0.481 e. The first kappa shape index (κ1) is 14.9. The number of nitrogens with one attached hydrogen (secondary N) is 1. The van der Waals surface area contributed by atoms with Gasteiger partial charge in [-0.15, -0.1) is 0 Å². The number of amides is 2. The lowest BCUT2D eigenvalue weighted by atomic mass is 9.90. The Hall–Kier alpha value is -2.55. The van der Waals surface area contributed by atoms with Crippen LogP contribution in [0.2, 0.25) is 0 Å². The van der Waals surface area contributed by atoms with Gasteiger partial charge in [0, 0.05) is 18.8 Å². The number of nitrogens with zero attached hydrogens (tertiary/aromatic N) is 2. The van der Waals surface area contributed by atoms with Crippen molar-refractivity contribution < 1.29 is 14.7 Å². The van der Waals surface area contributed by atoms with Gasteiger partial charge in [-0.25, -0.2) is 4.79 Å². The smallest absolute Gasteiger partial charge is 0.321 e. The number of nitriles is 1. The van der Waals surface area contributed by atoms with Gasteiger partial charge in [-0.2, -0.15) is 5.26 Å². The maximum absolute atomic E-state index is 12.2. The molecule has 1 fully saturated rings. The van der Waals surface area contributed by atoms with Crippen molar-refractivity contribution in [1.82, 2.24) is 4.90 Å². The Kier molecular flexibility index (Phi) is 3.85. The summed E-state index contributed by atoms with van der Waals surface area (Å²) in [5.74, 6) is -0.888. The number of likely N-dealkylation sites (tertiary alicyclic amines) is 1. The first-order valence-electron chi connectivity index (χ1n) is 6.66. The second kappa shape index (κ2) is 5.44. The summed E-state index contributed by atoms with van der Waals surface area (Å²) in [5, 5.41) is 20.8. The van der Waals surface area contributed by atoms with Crippen molar-refractivity contribution in [2.45, 2.75) is 20.3 Å². The first-order chi connectivity index (χ1) is 9.85. The summed E-state index contributed by atoms with van der Waals surface area (Å²) in [6.45, 7) is 4.07. The van der Waals surface area contributed by atoms with E-state index >= 15 is 0 Å². The number of urea groups is 1. The SMILES string of the molecule is Cc1ccc(C#N)cc1NC(=O)N1CCC(C)(C(=O)O)C1. The molecule has 0 bridgehead atoms. The van der Waals surface area contributed by atoms with Crippen LogP contribution in [0.3, 0.4) is 0 Å². The molecule has 21 heavy (non-hydrogen) atoms. The highest BCUT2D eigenvalue weighted by molar-refractivity contribution is 5.91. The number of carbonyl (C=O) groups is 2. The Morgan fingerprint density at radius 3 is 2.76 bits per heavy atom. The summed E-state index contributed by atoms with van der Waals surface area (Å²) in [7, 11) is 0. The van der Waals surface area contributed by atoms with E-state index in [-0.39, 0.29) is 12.6 Å². The number of carboxylic acid groups (broad SMARTS) is 1. The number of rotatable bonds is 2. The molecule has 1 aromatic carbocycles. The Morgan fingerprint density at radius 1 is 1.48 bits per heavy atom. The van der Waals surface area contributed by atoms with E-state index in [1.807, 2.05) is 13.0 Å². The molecule has 1 heterocycles. The Labute approximate surface area is 123 Å². The van der Waals surface area contributed by atoms with Crippen LogP contribution in [-0.2, 0) is 4.79 Å². The van der Waals surface area contributed by atoms with Gasteiger partial charge in [-0.3, -0.25) is 4.79 Å². The summed E-state index contributed by atoms with van der Waals surface area (Å²) >= 11 is 0. The normalized spacial score (nSPS) is 20.9. The van der Waals surface area contributed by atoms with Crippen molar-refractivity contribution in [2.24, 2.45) is 5.41 Å². The molecule has 1 atom stereocenters. The summed E-state index contributed by atoms with van der Waals surface area (Å²) < 4.78 is 0. The minimum absolute atomic E-state index is 0.186. The van der Waals surface area contributed by atoms with Gasteiger partial charge in [0.1, 0.15) is 0 Å². The predicted molar refractivity (Wildman–Crippen MR) is 76.8 cm³/mol. The predicted octanol–water partition coefficient (Wildman–Crippen LogP) is 2.20. The lowest BCUT2D eigenvalue weighted by molar-refractivity contribution is -0.146. The maximum atomic E-state index is 12.2. The molecule has 1 saturated heterocycles. The molecule has 6 heteroatoms. The molecule has 6 nitrogen and oxygen atoms in total. The van der Waals surface area contributed by atoms with Crippen molar-refractivity contribution in [3.63, 3.8) is 0 Å². The fourth-order valence-corrected chi connectivity index (χ4v) is 2.33. The maximum Gasteiger partial charge on any atom is 0.321 e. The second-order valence-electron chi connectivity index (χ2n) is 5.61. The zero-order valence-corrected chi connectivity index (χ0v) is 12.0. The van der Waals surface area contributed by atoms with Gasteiger partial charge in [-0.05, 0) is 38.0 Å². The number of hydrogen-bond donors (Lipinski definition) is 2. The van der Waals surface area contributed by atoms with Crippen LogP contribution in [0.15, 0.2) is 18.2 Å². The van der Waals surface area contributed by atoms with E-state index in [0.29, 0.717) is 24.2 Å². The van der Waals surface area contributed by atoms with E-state index in [1.165, 1.54) is 4.90 Å². The van der Waals surface area contributed by atoms with Crippen LogP contribution in [0.25, 0.3) is 0 Å². The fraction of sp³-hybridized carbons (Fsp3) is 0.400. The lowest BCUT2D eigenvalue weighted by Gasteiger charge is -2.21. The van der Waals surface area contributed by atoms with E-state index in [4.69, 9.17) is 5.26 Å². The average Bonchev–Trinajstić information content (AvgIpc) is 2.85. The molecule has 0 radical (unpaired) electrons. The van der Waals surface area contributed by atoms with Gasteiger partial charge in [0.15, 0.2) is 0 Å². The number of carboxylic acids is 1. The van der Waals surface area contributed by atoms with Gasteiger partial charge in [0.2, 0.25) is 0 Å². The molecule has 0 aliphatic carbocycles. The highest BCUT2D eigenvalue weighted by Gasteiger charge is 2.42. The molecule has 0 spiro atoms. The lowest BCUT2D eigenvalue weighted by Crippen LogP contribution is -2.37. The van der Waals surface area contributed by atoms with Gasteiger partial charge >= 0.3 is 12.0 Å². The van der Waals surface area contributed by atoms with Crippen molar-refractivity contribution in [2.75, 3.05) is 18.4 Å². The first-order valence-corrected chi connectivity index (χ1v) is 6.66. The third-order valence-corrected chi connectivity index (χ3v) is 3.89. The van der Waals surface area contributed by atoms with Gasteiger partial charge < -0.3 is 15.3 Å². The summed E-state index contributed by atoms with van der Waals surface area (Å²) in [5.41, 5.74) is 0.999. The van der Waals surface area contributed by atoms with Crippen molar-refractivity contribution >= 4 is 17.7 Å². The molecule has 2 amide bonds. The molecule has 110 valence electrons. The molecule has 2 rings (SSSR count). The Balaban J connectivity index is 2.10. The number of aryl methyl sites for hydroxylation is 1. The van der Waals surface area contributed by atoms with Crippen molar-refractivity contribution in [3.8, 4) is 6.07 Å². The number of benzene rings is 1. The van der Waals surface area contributed by atoms with Gasteiger partial charge in [-0.1, -0.05) is 6.07 Å². The molecule has 0 aromatic heterocycles. The monoisotopic (exact) mass is 287 g/mol. The standard InChI is InChI=1S/C15H17N3O3/c1-10-3-4-11(8-16)7-12(10)17-14(21)18-6-5-15(2,9-18)13(19)20/h3-4,7H,5-6,9H2,1-2H3,(H,17,21)(H,19,20). The topological polar surface area (TPSA) is 93.4 Å². The van der Waals surface area contributed by atoms with E-state index < -0.39 is 11.4 Å². The summed E-state index contributed by atoms with van der Waals surface area (Å²) in [6, 6.07) is 6.74. The highest BCUT2D eigenvalue weighted by Crippen LogP contribution is 2.30. The summed E-state index contributed by atoms with van der Waals surface area (Å²) in [6.07, 6.45) is 0.437. The zero-order chi connectivity index (χ0) is 15.6. The minimum atomic E-state index is -0.888. The molecule has 1 unspecified atom stereocenters. The Morgan fingerprint density at radius 2 is 2.19 bits per heavy atom. The molecular formula is C15H17N3O3. The second-order valence-corrected chi connectivity index (χ2v) is 5.61. The number of anilines is 1. The molecule has 1 aromatic rings. The van der Waals surface area contributed by atoms with Crippen LogP contribution in [0, 0.1) is 23.7 Å². The zero-order valence-electron chi connectivity index (χ0n) is 12.0. The van der Waals surface area contributed by atoms with Crippen LogP contribution in [0.5, 0.6) is 0 Å². The van der Waals surface area contributed by atoms with E-state index in [0.717, 1.165) is 5.56 Å². The van der Waals surface area contributed by atoms with Crippen LogP contribution in [-0.4, -0.2) is 35.1 Å². The minimum Gasteiger partial charge on any atom is -0.481 e. The molecular weight excluding hydrogens is 270 g/mol. The van der Waals surface area contributed by atoms with Crippen LogP contribution < -0.4 is 5.32 Å². The highest BCUT2D eigenvalue weighted by atomic mass is 16.4. The third kappa shape index (κ3) is 2.97. The average molecular weight is 287 g/mol. The summed E-state index contributed by atoms with van der Waals surface area (Å²) in [4.78, 5) is 24.9. The van der Waals surface area contributed by atoms with Crippen LogP contribution in [0.4, 0.5) is 10.5 Å². The number of carbonyl (C=O) groups excluding carboxylic acids is 1. The van der Waals surface area contributed by atoms with E-state index in [9.17, 15) is 14.7 Å². The van der Waals surface area contributed by atoms with Crippen molar-refractivity contribution in [1.29, 1.82) is 5.26 Å². The molecule has 1 aliphatic rings. The van der Waals surface area contributed by atoms with Crippen LogP contribution in [0.1, 0.15) is 24.5 Å². The molecule has 0 saturated carbocycles.